The fourth-order valence-corrected chi connectivity index (χ4v) is 6.17. The van der Waals surface area contributed by atoms with Gasteiger partial charge in [0, 0.05) is 31.5 Å². The minimum absolute atomic E-state index is 0.0862. The topological polar surface area (TPSA) is 66.9 Å². The summed E-state index contributed by atoms with van der Waals surface area (Å²) >= 11 is 1.38. The van der Waals surface area contributed by atoms with Gasteiger partial charge in [-0.2, -0.15) is 0 Å². The maximum atomic E-state index is 13.7. The molecule has 2 saturated heterocycles. The third-order valence-electron chi connectivity index (χ3n) is 6.86. The molecule has 166 valence electrons. The molecule has 4 atom stereocenters. The lowest BCUT2D eigenvalue weighted by Gasteiger charge is -2.38. The van der Waals surface area contributed by atoms with E-state index in [4.69, 9.17) is 4.74 Å². The van der Waals surface area contributed by atoms with E-state index >= 15 is 0 Å². The molecule has 0 saturated carbocycles. The normalized spacial score (nSPS) is 26.2. The van der Waals surface area contributed by atoms with Gasteiger partial charge in [0.2, 0.25) is 11.8 Å². The molecule has 2 amide bonds. The first kappa shape index (κ1) is 21.1. The van der Waals surface area contributed by atoms with E-state index < -0.39 is 17.9 Å². The molecule has 0 spiro atoms. The Bertz CT molecular complexity index is 1120. The van der Waals surface area contributed by atoms with Gasteiger partial charge in [-0.25, -0.2) is 0 Å². The Morgan fingerprint density at radius 2 is 1.91 bits per heavy atom. The van der Waals surface area contributed by atoms with Crippen molar-refractivity contribution in [3.63, 3.8) is 0 Å². The first-order valence-corrected chi connectivity index (χ1v) is 11.8. The molecule has 0 N–H and O–H groups in total. The number of carbonyl (C=O) groups is 3. The Morgan fingerprint density at radius 3 is 2.62 bits per heavy atom. The predicted molar refractivity (Wildman–Crippen MR) is 124 cm³/mol. The zero-order valence-corrected chi connectivity index (χ0v) is 19.2. The Labute approximate surface area is 191 Å². The monoisotopic (exact) mass is 450 g/mol. The number of methoxy groups -OCH3 is 1. The summed E-state index contributed by atoms with van der Waals surface area (Å²) in [4.78, 5) is 44.8. The number of fused-ring (bicyclic) bond motifs is 5. The molecular weight excluding hydrogens is 424 g/mol. The minimum atomic E-state index is -0.696. The van der Waals surface area contributed by atoms with Gasteiger partial charge in [-0.1, -0.05) is 23.8 Å². The van der Waals surface area contributed by atoms with Gasteiger partial charge in [0.05, 0.1) is 22.8 Å². The molecule has 2 aromatic rings. The summed E-state index contributed by atoms with van der Waals surface area (Å²) in [7, 11) is 1.60. The maximum absolute atomic E-state index is 13.7. The number of Topliss-reactive ketones (excluding diaryl/α,β-unsaturated/α-hetero) is 1. The third-order valence-corrected chi connectivity index (χ3v) is 7.74. The summed E-state index contributed by atoms with van der Waals surface area (Å²) in [5.41, 5.74) is 4.19. The van der Waals surface area contributed by atoms with Crippen LogP contribution in [-0.2, 0) is 14.3 Å². The van der Waals surface area contributed by atoms with E-state index in [1.165, 1.54) is 16.2 Å². The molecule has 1 aromatic carbocycles. The number of aryl methyl sites for hydroxylation is 1. The predicted octanol–water partition coefficient (Wildman–Crippen LogP) is 3.55. The highest BCUT2D eigenvalue weighted by Crippen LogP contribution is 2.50. The van der Waals surface area contributed by atoms with Crippen molar-refractivity contribution in [1.29, 1.82) is 0 Å². The number of imide groups is 1. The third kappa shape index (κ3) is 3.06. The van der Waals surface area contributed by atoms with E-state index in [0.29, 0.717) is 24.4 Å². The van der Waals surface area contributed by atoms with Gasteiger partial charge in [-0.3, -0.25) is 19.3 Å². The summed E-state index contributed by atoms with van der Waals surface area (Å²) in [5, 5.41) is 1.87. The molecule has 1 aromatic heterocycles. The molecule has 4 unspecified atom stereocenters. The summed E-state index contributed by atoms with van der Waals surface area (Å²) < 4.78 is 5.10. The summed E-state index contributed by atoms with van der Waals surface area (Å²) in [5.74, 6) is -1.73. The second-order valence-electron chi connectivity index (χ2n) is 8.78. The van der Waals surface area contributed by atoms with Crippen LogP contribution in [0.1, 0.15) is 34.1 Å². The molecular formula is C25H26N2O4S. The second-order valence-corrected chi connectivity index (χ2v) is 9.73. The molecule has 4 heterocycles. The number of hydrogen-bond acceptors (Lipinski definition) is 6. The number of carbonyl (C=O) groups excluding carboxylic acids is 3. The Kier molecular flexibility index (Phi) is 5.26. The molecule has 3 aliphatic heterocycles. The van der Waals surface area contributed by atoms with E-state index in [1.807, 2.05) is 42.3 Å². The largest absolute Gasteiger partial charge is 0.385 e. The van der Waals surface area contributed by atoms with E-state index in [1.54, 1.807) is 13.2 Å². The van der Waals surface area contributed by atoms with Crippen molar-refractivity contribution in [3.8, 4) is 0 Å². The molecule has 32 heavy (non-hydrogen) atoms. The molecule has 2 fully saturated rings. The van der Waals surface area contributed by atoms with Crippen molar-refractivity contribution in [1.82, 2.24) is 4.90 Å². The van der Waals surface area contributed by atoms with E-state index in [2.05, 4.69) is 12.1 Å². The van der Waals surface area contributed by atoms with Crippen LogP contribution in [0.15, 0.2) is 41.8 Å². The van der Waals surface area contributed by atoms with Gasteiger partial charge in [-0.05, 0) is 49.4 Å². The average Bonchev–Trinajstić information content (AvgIpc) is 3.47. The first-order chi connectivity index (χ1) is 15.4. The fourth-order valence-electron chi connectivity index (χ4n) is 5.47. The van der Waals surface area contributed by atoms with Crippen LogP contribution in [0.2, 0.25) is 0 Å². The van der Waals surface area contributed by atoms with Crippen LogP contribution in [0, 0.1) is 18.8 Å². The average molecular weight is 451 g/mol. The van der Waals surface area contributed by atoms with Gasteiger partial charge < -0.3 is 9.64 Å². The summed E-state index contributed by atoms with van der Waals surface area (Å²) in [6, 6.07) is 8.79. The zero-order valence-electron chi connectivity index (χ0n) is 18.4. The number of hydrogen-bond donors (Lipinski definition) is 0. The molecule has 0 aliphatic carbocycles. The number of rotatable bonds is 6. The molecule has 0 bridgehead atoms. The Balaban J connectivity index is 1.62. The highest BCUT2D eigenvalue weighted by molar-refractivity contribution is 7.12. The molecule has 7 heteroatoms. The summed E-state index contributed by atoms with van der Waals surface area (Å²) in [6.07, 6.45) is 2.66. The van der Waals surface area contributed by atoms with Crippen LogP contribution in [0.4, 0.5) is 5.69 Å². The van der Waals surface area contributed by atoms with Gasteiger partial charge in [0.15, 0.2) is 5.78 Å². The van der Waals surface area contributed by atoms with E-state index in [0.717, 1.165) is 22.4 Å². The lowest BCUT2D eigenvalue weighted by atomic mass is 9.86. The molecule has 0 radical (unpaired) electrons. The highest BCUT2D eigenvalue weighted by atomic mass is 32.1. The number of allylic oxidation sites excluding steroid dienone is 1. The van der Waals surface area contributed by atoms with Gasteiger partial charge in [0.25, 0.3) is 0 Å². The Morgan fingerprint density at radius 1 is 1.12 bits per heavy atom. The van der Waals surface area contributed by atoms with E-state index in [9.17, 15) is 14.4 Å². The van der Waals surface area contributed by atoms with Crippen LogP contribution in [-0.4, -0.2) is 54.8 Å². The first-order valence-electron chi connectivity index (χ1n) is 10.9. The van der Waals surface area contributed by atoms with Crippen LogP contribution in [0.3, 0.4) is 0 Å². The zero-order chi connectivity index (χ0) is 22.6. The van der Waals surface area contributed by atoms with Crippen molar-refractivity contribution in [2.45, 2.75) is 32.4 Å². The molecule has 6 nitrogen and oxygen atoms in total. The van der Waals surface area contributed by atoms with Gasteiger partial charge in [0.1, 0.15) is 6.04 Å². The van der Waals surface area contributed by atoms with E-state index in [-0.39, 0.29) is 23.6 Å². The molecule has 5 rings (SSSR count). The van der Waals surface area contributed by atoms with Crippen LogP contribution in [0.5, 0.6) is 0 Å². The fraction of sp³-hybridized carbons (Fsp3) is 0.400. The second kappa shape index (κ2) is 7.98. The highest BCUT2D eigenvalue weighted by Gasteiger charge is 2.64. The number of likely N-dealkylation sites (tertiary alicyclic amines) is 1. The lowest BCUT2D eigenvalue weighted by molar-refractivity contribution is -0.140. The number of benzene rings is 1. The quantitative estimate of drug-likeness (QED) is 0.383. The lowest BCUT2D eigenvalue weighted by Crippen LogP contribution is -2.49. The number of anilines is 1. The van der Waals surface area contributed by atoms with Crippen molar-refractivity contribution >= 4 is 40.2 Å². The van der Waals surface area contributed by atoms with Crippen LogP contribution < -0.4 is 4.90 Å². The van der Waals surface area contributed by atoms with Crippen LogP contribution >= 0.6 is 11.3 Å². The number of amides is 2. The van der Waals surface area contributed by atoms with Gasteiger partial charge >= 0.3 is 0 Å². The van der Waals surface area contributed by atoms with Crippen molar-refractivity contribution in [2.24, 2.45) is 11.8 Å². The number of ether oxygens (including phenoxy) is 1. The Hall–Kier alpha value is -2.77. The van der Waals surface area contributed by atoms with Gasteiger partial charge in [-0.15, -0.1) is 11.3 Å². The number of ketones is 1. The van der Waals surface area contributed by atoms with Crippen molar-refractivity contribution < 1.29 is 19.1 Å². The van der Waals surface area contributed by atoms with Crippen LogP contribution in [0.25, 0.3) is 5.57 Å². The van der Waals surface area contributed by atoms with Crippen molar-refractivity contribution in [2.75, 3.05) is 25.2 Å². The summed E-state index contributed by atoms with van der Waals surface area (Å²) in [6.45, 7) is 4.88. The molecule has 3 aliphatic rings. The SMILES string of the molecule is COCCCN1C(=O)C2C(C1=O)C(C(=O)c1cccs1)N1c3ccc(C)cc3C(C)=CC21. The minimum Gasteiger partial charge on any atom is -0.385 e. The van der Waals surface area contributed by atoms with Crippen molar-refractivity contribution in [3.05, 3.63) is 57.8 Å². The standard InChI is InChI=1S/C25H26N2O4S/c1-14-7-8-17-16(12-14)15(2)13-18-20-21(25(30)26(24(20)29)9-5-10-31-3)22(27(17)18)23(28)19-6-4-11-32-19/h4,6-8,11-13,18,20-22H,5,9-10H2,1-3H3. The smallest absolute Gasteiger partial charge is 0.235 e. The number of thiophene rings is 1. The maximum Gasteiger partial charge on any atom is 0.235 e. The number of nitrogens with zero attached hydrogens (tertiary/aromatic N) is 2.